The van der Waals surface area contributed by atoms with Crippen molar-refractivity contribution in [3.8, 4) is 0 Å². The summed E-state index contributed by atoms with van der Waals surface area (Å²) in [6, 6.07) is -0.917. The number of likely N-dealkylation sites (N-methyl/N-ethyl adjacent to an activating group) is 1. The fraction of sp³-hybridized carbons (Fsp3) is 0.667. The minimum absolute atomic E-state index is 0.0155. The van der Waals surface area contributed by atoms with Crippen LogP contribution in [0.3, 0.4) is 0 Å². The van der Waals surface area contributed by atoms with Crippen molar-refractivity contribution in [1.29, 1.82) is 0 Å². The van der Waals surface area contributed by atoms with Gasteiger partial charge in [-0.1, -0.05) is 144 Å². The number of allylic oxidation sites excluding steroid dienone is 13. The van der Waals surface area contributed by atoms with Gasteiger partial charge >= 0.3 is 0 Å². The number of carbonyl (C=O) groups excluding carboxylic acids is 1. The summed E-state index contributed by atoms with van der Waals surface area (Å²) in [5, 5.41) is 13.7. The van der Waals surface area contributed by atoms with Gasteiger partial charge in [-0.3, -0.25) is 9.36 Å². The van der Waals surface area contributed by atoms with Crippen LogP contribution in [-0.4, -0.2) is 68.5 Å². The molecule has 3 atom stereocenters. The van der Waals surface area contributed by atoms with E-state index in [2.05, 4.69) is 92.1 Å². The third-order valence-electron chi connectivity index (χ3n) is 8.55. The highest BCUT2D eigenvalue weighted by Crippen LogP contribution is 2.38. The van der Waals surface area contributed by atoms with E-state index in [9.17, 15) is 19.4 Å². The topological polar surface area (TPSA) is 108 Å². The van der Waals surface area contributed by atoms with E-state index in [4.69, 9.17) is 9.05 Å². The van der Waals surface area contributed by atoms with Crippen LogP contribution in [0.15, 0.2) is 85.1 Å². The summed E-state index contributed by atoms with van der Waals surface area (Å²) < 4.78 is 23.1. The van der Waals surface area contributed by atoms with E-state index < -0.39 is 26.6 Å². The van der Waals surface area contributed by atoms with Gasteiger partial charge in [0.2, 0.25) is 5.91 Å². The van der Waals surface area contributed by atoms with Crippen LogP contribution in [-0.2, 0) is 18.4 Å². The Bertz CT molecular complexity index is 1150. The normalized spacial score (nSPS) is 15.3. The van der Waals surface area contributed by atoms with Gasteiger partial charge < -0.3 is 28.8 Å². The van der Waals surface area contributed by atoms with Gasteiger partial charge in [-0.2, -0.15) is 0 Å². The largest absolute Gasteiger partial charge is 0.756 e. The molecule has 0 saturated heterocycles. The number of aliphatic hydroxyl groups excluding tert-OH is 1. The summed E-state index contributed by atoms with van der Waals surface area (Å²) in [4.78, 5) is 25.2. The zero-order valence-electron chi connectivity index (χ0n) is 34.9. The summed E-state index contributed by atoms with van der Waals surface area (Å²) in [6.45, 7) is 4.38. The fourth-order valence-corrected chi connectivity index (χ4v) is 5.96. The van der Waals surface area contributed by atoms with Crippen molar-refractivity contribution < 1.29 is 32.9 Å². The maximum Gasteiger partial charge on any atom is 0.268 e. The van der Waals surface area contributed by atoms with Gasteiger partial charge in [0.05, 0.1) is 39.9 Å². The Morgan fingerprint density at radius 1 is 0.667 bits per heavy atom. The molecule has 0 aromatic heterocycles. The number of amides is 1. The lowest BCUT2D eigenvalue weighted by atomic mass is 10.1. The Labute approximate surface area is 331 Å². The Morgan fingerprint density at radius 2 is 1.15 bits per heavy atom. The minimum atomic E-state index is -4.60. The monoisotopic (exact) mass is 775 g/mol. The van der Waals surface area contributed by atoms with E-state index in [0.717, 1.165) is 96.3 Å². The third-order valence-corrected chi connectivity index (χ3v) is 9.51. The highest BCUT2D eigenvalue weighted by Gasteiger charge is 2.23. The molecule has 2 N–H and O–H groups in total. The van der Waals surface area contributed by atoms with Gasteiger partial charge in [0.1, 0.15) is 13.2 Å². The number of hydrogen-bond acceptors (Lipinski definition) is 6. The van der Waals surface area contributed by atoms with Gasteiger partial charge in [0.25, 0.3) is 7.82 Å². The Morgan fingerprint density at radius 3 is 1.70 bits per heavy atom. The summed E-state index contributed by atoms with van der Waals surface area (Å²) in [6.07, 6.45) is 49.2. The molecule has 0 radical (unpaired) electrons. The van der Waals surface area contributed by atoms with Crippen molar-refractivity contribution in [2.24, 2.45) is 0 Å². The number of carbonyl (C=O) groups is 1. The smallest absolute Gasteiger partial charge is 0.268 e. The zero-order chi connectivity index (χ0) is 40.0. The molecule has 1 amide bonds. The van der Waals surface area contributed by atoms with Gasteiger partial charge in [0.15, 0.2) is 0 Å². The number of unbranched alkanes of at least 4 members (excludes halogenated alkanes) is 11. The summed E-state index contributed by atoms with van der Waals surface area (Å²) in [7, 11) is 1.21. The number of nitrogens with one attached hydrogen (secondary N) is 1. The molecule has 310 valence electrons. The van der Waals surface area contributed by atoms with Crippen molar-refractivity contribution in [2.75, 3.05) is 40.9 Å². The number of nitrogens with zero attached hydrogens (tertiary/aromatic N) is 1. The van der Waals surface area contributed by atoms with Gasteiger partial charge in [0, 0.05) is 6.42 Å². The molecule has 0 bridgehead atoms. The average Bonchev–Trinajstić information content (AvgIpc) is 3.12. The average molecular weight is 775 g/mol. The fourth-order valence-electron chi connectivity index (χ4n) is 5.24. The number of quaternary nitrogens is 1. The second-order valence-corrected chi connectivity index (χ2v) is 16.3. The van der Waals surface area contributed by atoms with E-state index in [1.807, 2.05) is 27.2 Å². The lowest BCUT2D eigenvalue weighted by Gasteiger charge is -2.29. The highest BCUT2D eigenvalue weighted by atomic mass is 31.2. The maximum absolute atomic E-state index is 12.8. The Balaban J connectivity index is 4.44. The first-order valence-electron chi connectivity index (χ1n) is 20.9. The van der Waals surface area contributed by atoms with E-state index in [0.29, 0.717) is 17.4 Å². The molecule has 0 rings (SSSR count). The summed E-state index contributed by atoms with van der Waals surface area (Å²) in [5.74, 6) is -0.227. The molecule has 54 heavy (non-hydrogen) atoms. The van der Waals surface area contributed by atoms with Crippen molar-refractivity contribution in [3.63, 3.8) is 0 Å². The van der Waals surface area contributed by atoms with Crippen LogP contribution in [0.25, 0.3) is 0 Å². The van der Waals surface area contributed by atoms with Crippen molar-refractivity contribution in [3.05, 3.63) is 85.1 Å². The number of phosphoric ester groups is 1. The molecule has 9 heteroatoms. The van der Waals surface area contributed by atoms with E-state index in [-0.39, 0.29) is 12.5 Å². The molecule has 3 unspecified atom stereocenters. The lowest BCUT2D eigenvalue weighted by Crippen LogP contribution is -2.45. The molecular formula is C45H79N2O6P. The Kier molecular flexibility index (Phi) is 34.8. The second-order valence-electron chi connectivity index (χ2n) is 14.9. The van der Waals surface area contributed by atoms with Crippen LogP contribution in [0.5, 0.6) is 0 Å². The molecule has 0 saturated carbocycles. The molecule has 0 aliphatic carbocycles. The maximum atomic E-state index is 12.8. The van der Waals surface area contributed by atoms with Crippen LogP contribution < -0.4 is 10.2 Å². The minimum Gasteiger partial charge on any atom is -0.756 e. The molecule has 0 spiro atoms. The summed E-state index contributed by atoms with van der Waals surface area (Å²) in [5.41, 5.74) is 0. The second kappa shape index (κ2) is 36.3. The van der Waals surface area contributed by atoms with Gasteiger partial charge in [-0.05, 0) is 77.0 Å². The zero-order valence-corrected chi connectivity index (χ0v) is 35.8. The predicted molar refractivity (Wildman–Crippen MR) is 228 cm³/mol. The van der Waals surface area contributed by atoms with Gasteiger partial charge in [-0.15, -0.1) is 0 Å². The first kappa shape index (κ1) is 51.7. The van der Waals surface area contributed by atoms with Crippen LogP contribution in [0.2, 0.25) is 0 Å². The SMILES string of the molecule is CC/C=C\C/C=C\C/C=C\C/C=C\CCCCCCCCCCC(=O)NC(COP(=O)([O-])OCC[N+](C)(C)C)C(O)/C=C/CC/C=C/CC/C=C/CCC. The van der Waals surface area contributed by atoms with Crippen molar-refractivity contribution >= 4 is 13.7 Å². The quantitative estimate of drug-likeness (QED) is 0.0284. The Hall–Kier alpha value is -2.32. The highest BCUT2D eigenvalue weighted by molar-refractivity contribution is 7.45. The molecule has 0 fully saturated rings. The third kappa shape index (κ3) is 38.0. The van der Waals surface area contributed by atoms with Crippen LogP contribution >= 0.6 is 7.82 Å². The lowest BCUT2D eigenvalue weighted by molar-refractivity contribution is -0.870. The molecule has 0 aliphatic rings. The number of phosphoric acid groups is 1. The molecule has 0 aromatic rings. The number of rotatable bonds is 36. The van der Waals surface area contributed by atoms with E-state index >= 15 is 0 Å². The van der Waals surface area contributed by atoms with E-state index in [1.165, 1.54) is 25.7 Å². The molecular weight excluding hydrogens is 695 g/mol. The van der Waals surface area contributed by atoms with Gasteiger partial charge in [-0.25, -0.2) is 0 Å². The predicted octanol–water partition coefficient (Wildman–Crippen LogP) is 10.8. The number of aliphatic hydroxyl groups is 1. The molecule has 0 aliphatic heterocycles. The van der Waals surface area contributed by atoms with Crippen LogP contribution in [0.1, 0.15) is 142 Å². The molecule has 0 aromatic carbocycles. The van der Waals surface area contributed by atoms with Crippen LogP contribution in [0, 0.1) is 0 Å². The first-order chi connectivity index (χ1) is 26.0. The molecule has 8 nitrogen and oxygen atoms in total. The van der Waals surface area contributed by atoms with Crippen molar-refractivity contribution in [2.45, 2.75) is 154 Å². The van der Waals surface area contributed by atoms with E-state index in [1.54, 1.807) is 6.08 Å². The standard InChI is InChI=1S/C45H79N2O6P/c1-6-8-10-12-14-16-18-19-20-21-22-23-24-25-26-27-29-31-33-35-37-39-45(49)46-43(42-53-54(50,51)52-41-40-47(3,4)5)44(48)38-36-34-32-30-28-17-15-13-11-9-7-2/h8,10-11,13-14,16,19-20,22-23,28,30,36,38,43-44,48H,6-7,9,12,15,17-18,21,24-27,29,31-35,37,39-42H2,1-5H3,(H-,46,49,50,51)/b10-8-,13-11+,16-14-,20-19-,23-22-,30-28+,38-36+. The number of hydrogen-bond donors (Lipinski definition) is 2. The summed E-state index contributed by atoms with van der Waals surface area (Å²) >= 11 is 0. The van der Waals surface area contributed by atoms with Crippen molar-refractivity contribution in [1.82, 2.24) is 5.32 Å². The molecule has 0 heterocycles. The first-order valence-corrected chi connectivity index (χ1v) is 22.4. The van der Waals surface area contributed by atoms with Crippen LogP contribution in [0.4, 0.5) is 0 Å².